The van der Waals surface area contributed by atoms with Crippen molar-refractivity contribution in [2.24, 2.45) is 5.92 Å². The topological polar surface area (TPSA) is 52.0 Å². The Balaban J connectivity index is 1.60. The number of hydrogen-bond acceptors (Lipinski definition) is 4. The van der Waals surface area contributed by atoms with Crippen LogP contribution in [0, 0.1) is 5.92 Å². The number of fused-ring (bicyclic) bond motifs is 2. The minimum absolute atomic E-state index is 0.0243. The van der Waals surface area contributed by atoms with Gasteiger partial charge in [0.05, 0.1) is 16.7 Å². The minimum Gasteiger partial charge on any atom is -0.293 e. The van der Waals surface area contributed by atoms with Crippen LogP contribution in [0.2, 0.25) is 0 Å². The van der Waals surface area contributed by atoms with Crippen molar-refractivity contribution in [1.29, 1.82) is 0 Å². The second-order valence-electron chi connectivity index (χ2n) is 8.10. The van der Waals surface area contributed by atoms with E-state index in [4.69, 9.17) is 4.98 Å². The molecule has 0 atom stereocenters. The first-order valence-corrected chi connectivity index (χ1v) is 11.3. The number of Topliss-reactive ketones (excluding diaryl/α,β-unsaturated/α-hetero) is 1. The van der Waals surface area contributed by atoms with Gasteiger partial charge >= 0.3 is 0 Å². The van der Waals surface area contributed by atoms with E-state index in [9.17, 15) is 9.59 Å². The highest BCUT2D eigenvalue weighted by molar-refractivity contribution is 7.99. The Labute approximate surface area is 175 Å². The summed E-state index contributed by atoms with van der Waals surface area (Å²) in [4.78, 5) is 30.5. The third kappa shape index (κ3) is 4.30. The molecule has 150 valence electrons. The van der Waals surface area contributed by atoms with Gasteiger partial charge in [0.2, 0.25) is 0 Å². The summed E-state index contributed by atoms with van der Waals surface area (Å²) in [6.07, 6.45) is 4.24. The Morgan fingerprint density at radius 3 is 2.76 bits per heavy atom. The molecule has 4 nitrogen and oxygen atoms in total. The van der Waals surface area contributed by atoms with Gasteiger partial charge in [-0.25, -0.2) is 4.98 Å². The van der Waals surface area contributed by atoms with E-state index in [0.717, 1.165) is 24.8 Å². The van der Waals surface area contributed by atoms with Crippen LogP contribution in [-0.2, 0) is 19.4 Å². The third-order valence-corrected chi connectivity index (χ3v) is 6.49. The van der Waals surface area contributed by atoms with Crippen LogP contribution in [0.25, 0.3) is 10.9 Å². The van der Waals surface area contributed by atoms with Crippen LogP contribution < -0.4 is 5.56 Å². The zero-order valence-electron chi connectivity index (χ0n) is 17.0. The molecule has 5 heteroatoms. The first kappa shape index (κ1) is 19.9. The number of carbonyl (C=O) groups excluding carboxylic acids is 1. The maximum Gasteiger partial charge on any atom is 0.262 e. The van der Waals surface area contributed by atoms with Crippen molar-refractivity contribution >= 4 is 28.4 Å². The molecule has 2 aromatic carbocycles. The number of aromatic nitrogens is 2. The number of rotatable bonds is 7. The van der Waals surface area contributed by atoms with Gasteiger partial charge in [-0.1, -0.05) is 49.9 Å². The lowest BCUT2D eigenvalue weighted by atomic mass is 10.0. The molecule has 4 rings (SSSR count). The zero-order valence-corrected chi connectivity index (χ0v) is 17.8. The molecule has 0 spiro atoms. The van der Waals surface area contributed by atoms with Crippen molar-refractivity contribution in [3.8, 4) is 0 Å². The molecule has 0 bridgehead atoms. The Morgan fingerprint density at radius 2 is 1.93 bits per heavy atom. The number of ketones is 1. The summed E-state index contributed by atoms with van der Waals surface area (Å²) >= 11 is 1.37. The molecule has 0 unspecified atom stereocenters. The molecule has 29 heavy (non-hydrogen) atoms. The lowest BCUT2D eigenvalue weighted by Gasteiger charge is -2.14. The van der Waals surface area contributed by atoms with Crippen molar-refractivity contribution in [2.45, 2.75) is 51.2 Å². The number of hydrogen-bond donors (Lipinski definition) is 0. The Hall–Kier alpha value is -2.40. The Bertz CT molecular complexity index is 1120. The van der Waals surface area contributed by atoms with Gasteiger partial charge in [0.25, 0.3) is 5.56 Å². The normalized spacial score (nSPS) is 13.2. The fourth-order valence-corrected chi connectivity index (χ4v) is 4.72. The fraction of sp³-hybridized carbons (Fsp3) is 0.375. The van der Waals surface area contributed by atoms with Gasteiger partial charge in [-0.05, 0) is 60.9 Å². The average Bonchev–Trinajstić information content (AvgIpc) is 3.19. The molecule has 0 saturated heterocycles. The standard InChI is InChI=1S/C24H26N2O2S/c1-16(2)12-13-26-23(28)20-8-3-4-9-21(20)25-24(26)29-15-22(27)19-11-10-17-6-5-7-18(17)14-19/h3-4,8-11,14,16H,5-7,12-13,15H2,1-2H3. The van der Waals surface area contributed by atoms with Gasteiger partial charge in [-0.15, -0.1) is 0 Å². The van der Waals surface area contributed by atoms with Crippen molar-refractivity contribution < 1.29 is 4.79 Å². The first-order chi connectivity index (χ1) is 14.0. The molecule has 0 aliphatic heterocycles. The molecule has 1 aliphatic rings. The highest BCUT2D eigenvalue weighted by Gasteiger charge is 2.17. The lowest BCUT2D eigenvalue weighted by Crippen LogP contribution is -2.24. The predicted octanol–water partition coefficient (Wildman–Crippen LogP) is 4.91. The van der Waals surface area contributed by atoms with Gasteiger partial charge in [-0.3, -0.25) is 14.2 Å². The number of nitrogens with zero attached hydrogens (tertiary/aromatic N) is 2. The van der Waals surface area contributed by atoms with Crippen LogP contribution in [-0.4, -0.2) is 21.1 Å². The summed E-state index contributed by atoms with van der Waals surface area (Å²) < 4.78 is 1.74. The smallest absolute Gasteiger partial charge is 0.262 e. The van der Waals surface area contributed by atoms with E-state index in [1.54, 1.807) is 4.57 Å². The summed E-state index contributed by atoms with van der Waals surface area (Å²) in [6, 6.07) is 13.5. The predicted molar refractivity (Wildman–Crippen MR) is 119 cm³/mol. The third-order valence-electron chi connectivity index (χ3n) is 5.51. The molecule has 0 saturated carbocycles. The SMILES string of the molecule is CC(C)CCn1c(SCC(=O)c2ccc3c(c2)CCC3)nc2ccccc2c1=O. The van der Waals surface area contributed by atoms with Crippen LogP contribution in [0.15, 0.2) is 52.4 Å². The number of carbonyl (C=O) groups is 1. The van der Waals surface area contributed by atoms with E-state index in [1.165, 1.54) is 29.3 Å². The van der Waals surface area contributed by atoms with Gasteiger partial charge in [-0.2, -0.15) is 0 Å². The number of aryl methyl sites for hydroxylation is 2. The van der Waals surface area contributed by atoms with Crippen molar-refractivity contribution in [3.05, 3.63) is 69.5 Å². The monoisotopic (exact) mass is 406 g/mol. The molecular weight excluding hydrogens is 380 g/mol. The van der Waals surface area contributed by atoms with Crippen LogP contribution in [0.5, 0.6) is 0 Å². The highest BCUT2D eigenvalue weighted by Crippen LogP contribution is 2.25. The summed E-state index contributed by atoms with van der Waals surface area (Å²) in [5.74, 6) is 0.854. The summed E-state index contributed by atoms with van der Waals surface area (Å²) in [5.41, 5.74) is 4.09. The van der Waals surface area contributed by atoms with Crippen molar-refractivity contribution in [1.82, 2.24) is 9.55 Å². The van der Waals surface area contributed by atoms with Gasteiger partial charge < -0.3 is 0 Å². The quantitative estimate of drug-likeness (QED) is 0.318. The highest BCUT2D eigenvalue weighted by atomic mass is 32.2. The fourth-order valence-electron chi connectivity index (χ4n) is 3.80. The first-order valence-electron chi connectivity index (χ1n) is 10.3. The van der Waals surface area contributed by atoms with Crippen LogP contribution in [0.1, 0.15) is 48.2 Å². The molecule has 1 aromatic heterocycles. The van der Waals surface area contributed by atoms with Crippen LogP contribution in [0.3, 0.4) is 0 Å². The minimum atomic E-state index is -0.0243. The number of para-hydroxylation sites is 1. The Morgan fingerprint density at radius 1 is 1.14 bits per heavy atom. The van der Waals surface area contributed by atoms with E-state index >= 15 is 0 Å². The maximum atomic E-state index is 13.0. The molecule has 3 aromatic rings. The van der Waals surface area contributed by atoms with E-state index in [1.807, 2.05) is 36.4 Å². The molecule has 0 fully saturated rings. The number of benzene rings is 2. The van der Waals surface area contributed by atoms with E-state index in [-0.39, 0.29) is 17.1 Å². The van der Waals surface area contributed by atoms with Crippen LogP contribution in [0.4, 0.5) is 0 Å². The lowest BCUT2D eigenvalue weighted by molar-refractivity contribution is 0.102. The molecule has 1 heterocycles. The van der Waals surface area contributed by atoms with E-state index in [2.05, 4.69) is 19.9 Å². The Kier molecular flexibility index (Phi) is 5.86. The second-order valence-corrected chi connectivity index (χ2v) is 9.04. The second kappa shape index (κ2) is 8.54. The van der Waals surface area contributed by atoms with Crippen molar-refractivity contribution in [2.75, 3.05) is 5.75 Å². The van der Waals surface area contributed by atoms with E-state index < -0.39 is 0 Å². The summed E-state index contributed by atoms with van der Waals surface area (Å²) in [7, 11) is 0. The summed E-state index contributed by atoms with van der Waals surface area (Å²) in [5, 5.41) is 1.26. The van der Waals surface area contributed by atoms with E-state index in [0.29, 0.717) is 28.5 Å². The zero-order chi connectivity index (χ0) is 20.4. The molecule has 1 aliphatic carbocycles. The molecule has 0 amide bonds. The summed E-state index contributed by atoms with van der Waals surface area (Å²) in [6.45, 7) is 4.90. The maximum absolute atomic E-state index is 13.0. The largest absolute Gasteiger partial charge is 0.293 e. The van der Waals surface area contributed by atoms with Crippen molar-refractivity contribution in [3.63, 3.8) is 0 Å². The molecule has 0 N–H and O–H groups in total. The van der Waals surface area contributed by atoms with Crippen LogP contribution >= 0.6 is 11.8 Å². The molecular formula is C24H26N2O2S. The number of thioether (sulfide) groups is 1. The van der Waals surface area contributed by atoms with Gasteiger partial charge in [0.1, 0.15) is 0 Å². The van der Waals surface area contributed by atoms with Gasteiger partial charge in [0.15, 0.2) is 10.9 Å². The average molecular weight is 407 g/mol. The van der Waals surface area contributed by atoms with Gasteiger partial charge in [0, 0.05) is 12.1 Å². The molecule has 0 radical (unpaired) electrons.